The van der Waals surface area contributed by atoms with E-state index in [4.69, 9.17) is 5.73 Å². The van der Waals surface area contributed by atoms with Crippen molar-refractivity contribution in [1.82, 2.24) is 14.5 Å². The average Bonchev–Trinajstić information content (AvgIpc) is 2.99. The molecule has 1 atom stereocenters. The van der Waals surface area contributed by atoms with Crippen LogP contribution >= 0.6 is 0 Å². The van der Waals surface area contributed by atoms with Gasteiger partial charge in [0.2, 0.25) is 0 Å². The van der Waals surface area contributed by atoms with Gasteiger partial charge in [-0.3, -0.25) is 4.90 Å². The zero-order chi connectivity index (χ0) is 14.7. The van der Waals surface area contributed by atoms with Gasteiger partial charge in [0.25, 0.3) is 0 Å². The summed E-state index contributed by atoms with van der Waals surface area (Å²) < 4.78 is 2.28. The van der Waals surface area contributed by atoms with Crippen molar-refractivity contribution in [2.75, 3.05) is 13.1 Å². The Kier molecular flexibility index (Phi) is 4.36. The van der Waals surface area contributed by atoms with Crippen LogP contribution in [-0.2, 0) is 6.54 Å². The topological polar surface area (TPSA) is 47.1 Å². The highest BCUT2D eigenvalue weighted by Crippen LogP contribution is 2.26. The fraction of sp³-hybridized carbons (Fsp3) is 0.471. The molecule has 0 spiro atoms. The molecule has 1 saturated heterocycles. The normalized spacial score (nSPS) is 18.8. The number of likely N-dealkylation sites (tertiary alicyclic amines) is 1. The van der Waals surface area contributed by atoms with Crippen LogP contribution in [0.2, 0.25) is 0 Å². The number of nitrogens with zero attached hydrogens (tertiary/aromatic N) is 3. The molecule has 2 heterocycles. The van der Waals surface area contributed by atoms with Crippen LogP contribution in [0.4, 0.5) is 0 Å². The zero-order valence-corrected chi connectivity index (χ0v) is 12.7. The maximum Gasteiger partial charge on any atom is 0.0951 e. The summed E-state index contributed by atoms with van der Waals surface area (Å²) in [6, 6.07) is 11.3. The summed E-state index contributed by atoms with van der Waals surface area (Å²) in [6.07, 6.45) is 6.18. The van der Waals surface area contributed by atoms with E-state index in [0.29, 0.717) is 6.04 Å². The summed E-state index contributed by atoms with van der Waals surface area (Å²) >= 11 is 0. The Bertz CT molecular complexity index is 553. The molecule has 0 bridgehead atoms. The SMILES string of the molecule is CC(N)c1cncn1C1CCN(Cc2ccccc2)CC1. The lowest BCUT2D eigenvalue weighted by Gasteiger charge is -2.33. The van der Waals surface area contributed by atoms with Crippen molar-refractivity contribution < 1.29 is 0 Å². The number of benzene rings is 1. The molecule has 4 heteroatoms. The van der Waals surface area contributed by atoms with Crippen molar-refractivity contribution in [2.24, 2.45) is 5.73 Å². The first-order chi connectivity index (χ1) is 10.2. The van der Waals surface area contributed by atoms with Crippen LogP contribution < -0.4 is 5.73 Å². The van der Waals surface area contributed by atoms with Gasteiger partial charge in [-0.15, -0.1) is 0 Å². The molecule has 2 N–H and O–H groups in total. The minimum Gasteiger partial charge on any atom is -0.330 e. The van der Waals surface area contributed by atoms with Gasteiger partial charge in [-0.2, -0.15) is 0 Å². The molecule has 0 aliphatic carbocycles. The lowest BCUT2D eigenvalue weighted by Crippen LogP contribution is -2.34. The summed E-state index contributed by atoms with van der Waals surface area (Å²) in [7, 11) is 0. The van der Waals surface area contributed by atoms with Gasteiger partial charge >= 0.3 is 0 Å². The minimum absolute atomic E-state index is 0.0508. The van der Waals surface area contributed by atoms with Gasteiger partial charge in [-0.1, -0.05) is 30.3 Å². The predicted octanol–water partition coefficient (Wildman–Crippen LogP) is 2.74. The fourth-order valence-corrected chi connectivity index (χ4v) is 3.17. The fourth-order valence-electron chi connectivity index (χ4n) is 3.17. The Morgan fingerprint density at radius 3 is 2.62 bits per heavy atom. The van der Waals surface area contributed by atoms with Crippen LogP contribution in [0.5, 0.6) is 0 Å². The van der Waals surface area contributed by atoms with Gasteiger partial charge < -0.3 is 10.3 Å². The third-order valence-electron chi connectivity index (χ3n) is 4.36. The maximum atomic E-state index is 6.02. The maximum absolute atomic E-state index is 6.02. The van der Waals surface area contributed by atoms with E-state index < -0.39 is 0 Å². The minimum atomic E-state index is 0.0508. The number of aromatic nitrogens is 2. The van der Waals surface area contributed by atoms with Gasteiger partial charge in [-0.25, -0.2) is 4.98 Å². The monoisotopic (exact) mass is 284 g/mol. The first-order valence-electron chi connectivity index (χ1n) is 7.77. The van der Waals surface area contributed by atoms with Crippen molar-refractivity contribution in [2.45, 2.75) is 38.4 Å². The molecule has 112 valence electrons. The third-order valence-corrected chi connectivity index (χ3v) is 4.36. The molecular formula is C17H24N4. The number of piperidine rings is 1. The largest absolute Gasteiger partial charge is 0.330 e. The van der Waals surface area contributed by atoms with Crippen molar-refractivity contribution in [3.8, 4) is 0 Å². The molecule has 3 rings (SSSR count). The smallest absolute Gasteiger partial charge is 0.0951 e. The molecule has 4 nitrogen and oxygen atoms in total. The number of rotatable bonds is 4. The molecular weight excluding hydrogens is 260 g/mol. The summed E-state index contributed by atoms with van der Waals surface area (Å²) in [4.78, 5) is 6.81. The van der Waals surface area contributed by atoms with E-state index in [1.165, 1.54) is 18.4 Å². The predicted molar refractivity (Wildman–Crippen MR) is 84.8 cm³/mol. The second kappa shape index (κ2) is 6.41. The zero-order valence-electron chi connectivity index (χ0n) is 12.7. The Hall–Kier alpha value is -1.65. The molecule has 1 aromatic heterocycles. The molecule has 2 aromatic rings. The molecule has 0 radical (unpaired) electrons. The van der Waals surface area contributed by atoms with Gasteiger partial charge in [0.1, 0.15) is 0 Å². The summed E-state index contributed by atoms with van der Waals surface area (Å²) in [5.41, 5.74) is 8.57. The first-order valence-corrected chi connectivity index (χ1v) is 7.77. The van der Waals surface area contributed by atoms with Gasteiger partial charge in [-0.05, 0) is 25.3 Å². The second-order valence-electron chi connectivity index (χ2n) is 6.01. The van der Waals surface area contributed by atoms with Crippen LogP contribution in [0.15, 0.2) is 42.9 Å². The summed E-state index contributed by atoms with van der Waals surface area (Å²) in [5, 5.41) is 0. The number of hydrogen-bond donors (Lipinski definition) is 1. The molecule has 1 fully saturated rings. The van der Waals surface area contributed by atoms with Crippen LogP contribution in [0.3, 0.4) is 0 Å². The van der Waals surface area contributed by atoms with Crippen LogP contribution in [0, 0.1) is 0 Å². The van der Waals surface area contributed by atoms with Crippen molar-refractivity contribution >= 4 is 0 Å². The Morgan fingerprint density at radius 2 is 1.95 bits per heavy atom. The highest BCUT2D eigenvalue weighted by Gasteiger charge is 2.22. The Balaban J connectivity index is 1.59. The summed E-state index contributed by atoms with van der Waals surface area (Å²) in [5.74, 6) is 0. The van der Waals surface area contributed by atoms with Gasteiger partial charge in [0.05, 0.1) is 12.0 Å². The van der Waals surface area contributed by atoms with Crippen molar-refractivity contribution in [3.05, 3.63) is 54.1 Å². The van der Waals surface area contributed by atoms with Crippen LogP contribution in [0.25, 0.3) is 0 Å². The summed E-state index contributed by atoms with van der Waals surface area (Å²) in [6.45, 7) is 5.35. The average molecular weight is 284 g/mol. The standard InChI is InChI=1S/C17H24N4/c1-14(18)17-11-19-13-21(17)16-7-9-20(10-8-16)12-15-5-3-2-4-6-15/h2-6,11,13-14,16H,7-10,12,18H2,1H3. The van der Waals surface area contributed by atoms with Crippen LogP contribution in [-0.4, -0.2) is 27.5 Å². The number of hydrogen-bond acceptors (Lipinski definition) is 3. The highest BCUT2D eigenvalue weighted by atomic mass is 15.2. The van der Waals surface area contributed by atoms with Crippen molar-refractivity contribution in [1.29, 1.82) is 0 Å². The number of nitrogens with two attached hydrogens (primary N) is 1. The molecule has 1 aliphatic heterocycles. The lowest BCUT2D eigenvalue weighted by molar-refractivity contribution is 0.177. The molecule has 1 aliphatic rings. The Morgan fingerprint density at radius 1 is 1.24 bits per heavy atom. The van der Waals surface area contributed by atoms with Gasteiger partial charge in [0, 0.05) is 37.9 Å². The molecule has 1 aromatic carbocycles. The molecule has 1 unspecified atom stereocenters. The second-order valence-corrected chi connectivity index (χ2v) is 6.01. The van der Waals surface area contributed by atoms with E-state index >= 15 is 0 Å². The highest BCUT2D eigenvalue weighted by molar-refractivity contribution is 5.14. The Labute approximate surface area is 126 Å². The molecule has 0 saturated carbocycles. The van der Waals surface area contributed by atoms with E-state index in [-0.39, 0.29) is 6.04 Å². The molecule has 21 heavy (non-hydrogen) atoms. The van der Waals surface area contributed by atoms with Gasteiger partial charge in [0.15, 0.2) is 0 Å². The quantitative estimate of drug-likeness (QED) is 0.939. The van der Waals surface area contributed by atoms with E-state index in [1.54, 1.807) is 0 Å². The van der Waals surface area contributed by atoms with Crippen molar-refractivity contribution in [3.63, 3.8) is 0 Å². The number of imidazole rings is 1. The third kappa shape index (κ3) is 3.34. The van der Waals surface area contributed by atoms with E-state index in [2.05, 4.69) is 44.8 Å². The van der Waals surface area contributed by atoms with E-state index in [9.17, 15) is 0 Å². The molecule has 0 amide bonds. The van der Waals surface area contributed by atoms with Crippen LogP contribution in [0.1, 0.15) is 43.1 Å². The lowest BCUT2D eigenvalue weighted by atomic mass is 10.0. The first kappa shape index (κ1) is 14.3. The van der Waals surface area contributed by atoms with E-state index in [0.717, 1.165) is 25.3 Å². The van der Waals surface area contributed by atoms with E-state index in [1.807, 2.05) is 19.4 Å².